The summed E-state index contributed by atoms with van der Waals surface area (Å²) in [5.74, 6) is -2.62. The van der Waals surface area contributed by atoms with E-state index in [2.05, 4.69) is 5.32 Å². The van der Waals surface area contributed by atoms with Crippen molar-refractivity contribution in [1.29, 1.82) is 0 Å². The van der Waals surface area contributed by atoms with Crippen LogP contribution >= 0.6 is 0 Å². The van der Waals surface area contributed by atoms with E-state index in [0.29, 0.717) is 6.07 Å². The number of hydrogen-bond acceptors (Lipinski definition) is 3. The quantitative estimate of drug-likeness (QED) is 0.868. The lowest BCUT2D eigenvalue weighted by molar-refractivity contribution is -0.158. The van der Waals surface area contributed by atoms with Crippen LogP contribution in [0.4, 0.5) is 8.78 Å². The first-order chi connectivity index (χ1) is 9.58. The Kier molecular flexibility index (Phi) is 5.41. The van der Waals surface area contributed by atoms with E-state index in [4.69, 9.17) is 4.74 Å². The largest absolute Gasteiger partial charge is 0.458 e. The number of benzene rings is 1. The summed E-state index contributed by atoms with van der Waals surface area (Å²) in [5, 5.41) is 2.42. The van der Waals surface area contributed by atoms with E-state index in [1.807, 2.05) is 0 Å². The van der Waals surface area contributed by atoms with Crippen LogP contribution in [0.2, 0.25) is 0 Å². The molecule has 0 fully saturated rings. The second kappa shape index (κ2) is 6.65. The fraction of sp³-hybridized carbons (Fsp3) is 0.467. The number of halogens is 2. The van der Waals surface area contributed by atoms with Crippen LogP contribution in [0, 0.1) is 11.6 Å². The molecule has 0 saturated carbocycles. The number of hydrogen-bond donors (Lipinski definition) is 1. The zero-order chi connectivity index (χ0) is 16.2. The standard InChI is InChI=1S/C15H19F2NO3/c1-9(14(20)21-15(2,3)4)18-13(19)7-10-5-6-11(16)8-12(10)17/h5-6,8-9H,7H2,1-4H3,(H,18,19)/t9-/m1/s1. The van der Waals surface area contributed by atoms with Crippen molar-refractivity contribution >= 4 is 11.9 Å². The predicted octanol–water partition coefficient (Wildman–Crippen LogP) is 2.35. The SMILES string of the molecule is C[C@@H](NC(=O)Cc1ccc(F)cc1F)C(=O)OC(C)(C)C. The number of ether oxygens (including phenoxy) is 1. The molecule has 0 aliphatic carbocycles. The Hall–Kier alpha value is -1.98. The van der Waals surface area contributed by atoms with Gasteiger partial charge < -0.3 is 10.1 Å². The zero-order valence-electron chi connectivity index (χ0n) is 12.5. The van der Waals surface area contributed by atoms with E-state index in [-0.39, 0.29) is 12.0 Å². The average Bonchev–Trinajstić information content (AvgIpc) is 2.30. The highest BCUT2D eigenvalue weighted by molar-refractivity contribution is 5.85. The summed E-state index contributed by atoms with van der Waals surface area (Å²) in [5.41, 5.74) is -0.593. The molecule has 1 atom stereocenters. The Bertz CT molecular complexity index is 538. The van der Waals surface area contributed by atoms with Gasteiger partial charge in [0.15, 0.2) is 0 Å². The fourth-order valence-corrected chi connectivity index (χ4v) is 1.58. The van der Waals surface area contributed by atoms with Crippen molar-refractivity contribution in [1.82, 2.24) is 5.32 Å². The maximum absolute atomic E-state index is 13.4. The minimum Gasteiger partial charge on any atom is -0.458 e. The van der Waals surface area contributed by atoms with Gasteiger partial charge in [0.05, 0.1) is 6.42 Å². The highest BCUT2D eigenvalue weighted by Crippen LogP contribution is 2.11. The minimum atomic E-state index is -0.847. The van der Waals surface area contributed by atoms with Gasteiger partial charge >= 0.3 is 5.97 Å². The molecule has 0 radical (unpaired) electrons. The number of nitrogens with one attached hydrogen (secondary N) is 1. The first kappa shape index (κ1) is 17.1. The molecule has 6 heteroatoms. The van der Waals surface area contributed by atoms with E-state index in [1.54, 1.807) is 20.8 Å². The summed E-state index contributed by atoms with van der Waals surface area (Å²) in [7, 11) is 0. The van der Waals surface area contributed by atoms with Gasteiger partial charge in [-0.05, 0) is 39.3 Å². The smallest absolute Gasteiger partial charge is 0.328 e. The van der Waals surface area contributed by atoms with Gasteiger partial charge in [0.2, 0.25) is 5.91 Å². The second-order valence-corrected chi connectivity index (χ2v) is 5.74. The molecule has 0 aliphatic heterocycles. The van der Waals surface area contributed by atoms with E-state index >= 15 is 0 Å². The Morgan fingerprint density at radius 2 is 1.90 bits per heavy atom. The van der Waals surface area contributed by atoms with Crippen molar-refractivity contribution in [3.05, 3.63) is 35.4 Å². The van der Waals surface area contributed by atoms with Crippen LogP contribution in [-0.4, -0.2) is 23.5 Å². The molecular formula is C15H19F2NO3. The summed E-state index contributed by atoms with van der Waals surface area (Å²) in [6.45, 7) is 6.63. The Morgan fingerprint density at radius 3 is 2.43 bits per heavy atom. The van der Waals surface area contributed by atoms with Crippen molar-refractivity contribution in [2.24, 2.45) is 0 Å². The van der Waals surface area contributed by atoms with Crippen molar-refractivity contribution in [3.63, 3.8) is 0 Å². The molecule has 0 spiro atoms. The van der Waals surface area contributed by atoms with Gasteiger partial charge in [-0.1, -0.05) is 6.07 Å². The summed E-state index contributed by atoms with van der Waals surface area (Å²) in [4.78, 5) is 23.4. The monoisotopic (exact) mass is 299 g/mol. The molecule has 1 N–H and O–H groups in total. The van der Waals surface area contributed by atoms with Crippen LogP contribution in [0.3, 0.4) is 0 Å². The number of rotatable bonds is 4. The van der Waals surface area contributed by atoms with E-state index < -0.39 is 35.2 Å². The molecule has 1 aromatic carbocycles. The Balaban J connectivity index is 2.59. The van der Waals surface area contributed by atoms with E-state index in [9.17, 15) is 18.4 Å². The molecule has 0 aliphatic rings. The van der Waals surface area contributed by atoms with Gasteiger partial charge in [-0.2, -0.15) is 0 Å². The van der Waals surface area contributed by atoms with Gasteiger partial charge in [-0.15, -0.1) is 0 Å². The van der Waals surface area contributed by atoms with Gasteiger partial charge in [0, 0.05) is 6.07 Å². The molecule has 0 saturated heterocycles. The van der Waals surface area contributed by atoms with Crippen molar-refractivity contribution in [2.45, 2.75) is 45.8 Å². The number of amides is 1. The van der Waals surface area contributed by atoms with E-state index in [1.165, 1.54) is 13.0 Å². The second-order valence-electron chi connectivity index (χ2n) is 5.74. The van der Waals surface area contributed by atoms with Gasteiger partial charge in [0.25, 0.3) is 0 Å². The molecule has 1 rings (SSSR count). The first-order valence-electron chi connectivity index (χ1n) is 6.54. The molecule has 1 amide bonds. The molecule has 0 aromatic heterocycles. The summed E-state index contributed by atoms with van der Waals surface area (Å²) in [6.07, 6.45) is -0.279. The van der Waals surface area contributed by atoms with Gasteiger partial charge in [-0.3, -0.25) is 4.79 Å². The fourth-order valence-electron chi connectivity index (χ4n) is 1.58. The normalized spacial score (nSPS) is 12.7. The maximum Gasteiger partial charge on any atom is 0.328 e. The molecule has 0 unspecified atom stereocenters. The lowest BCUT2D eigenvalue weighted by atomic mass is 10.1. The van der Waals surface area contributed by atoms with Crippen LogP contribution in [0.1, 0.15) is 33.3 Å². The third-order valence-corrected chi connectivity index (χ3v) is 2.50. The van der Waals surface area contributed by atoms with E-state index in [0.717, 1.165) is 6.07 Å². The van der Waals surface area contributed by atoms with Crippen molar-refractivity contribution in [3.8, 4) is 0 Å². The Morgan fingerprint density at radius 1 is 1.29 bits per heavy atom. The lowest BCUT2D eigenvalue weighted by Crippen LogP contribution is -2.42. The minimum absolute atomic E-state index is 0.0605. The van der Waals surface area contributed by atoms with Gasteiger partial charge in [-0.25, -0.2) is 13.6 Å². The highest BCUT2D eigenvalue weighted by Gasteiger charge is 2.23. The molecule has 0 heterocycles. The third kappa shape index (κ3) is 5.89. The molecule has 4 nitrogen and oxygen atoms in total. The molecule has 116 valence electrons. The Labute approximate surface area is 122 Å². The molecule has 1 aromatic rings. The predicted molar refractivity (Wildman–Crippen MR) is 73.5 cm³/mol. The molecular weight excluding hydrogens is 280 g/mol. The zero-order valence-corrected chi connectivity index (χ0v) is 12.5. The number of carbonyl (C=O) groups excluding carboxylic acids is 2. The highest BCUT2D eigenvalue weighted by atomic mass is 19.1. The topological polar surface area (TPSA) is 55.4 Å². The van der Waals surface area contributed by atoms with Crippen molar-refractivity contribution < 1.29 is 23.1 Å². The van der Waals surface area contributed by atoms with Crippen LogP contribution in [0.15, 0.2) is 18.2 Å². The van der Waals surface area contributed by atoms with Crippen LogP contribution in [0.25, 0.3) is 0 Å². The number of esters is 1. The van der Waals surface area contributed by atoms with Crippen LogP contribution in [0.5, 0.6) is 0 Å². The van der Waals surface area contributed by atoms with Crippen molar-refractivity contribution in [2.75, 3.05) is 0 Å². The summed E-state index contributed by atoms with van der Waals surface area (Å²) < 4.78 is 31.3. The maximum atomic E-state index is 13.4. The number of carbonyl (C=O) groups is 2. The molecule has 0 bridgehead atoms. The van der Waals surface area contributed by atoms with Crippen LogP contribution in [-0.2, 0) is 20.7 Å². The average molecular weight is 299 g/mol. The van der Waals surface area contributed by atoms with Gasteiger partial charge in [0.1, 0.15) is 23.3 Å². The molecule has 21 heavy (non-hydrogen) atoms. The van der Waals surface area contributed by atoms with Crippen LogP contribution < -0.4 is 5.32 Å². The third-order valence-electron chi connectivity index (χ3n) is 2.50. The summed E-state index contributed by atoms with van der Waals surface area (Å²) in [6, 6.07) is 2.13. The summed E-state index contributed by atoms with van der Waals surface area (Å²) >= 11 is 0. The lowest BCUT2D eigenvalue weighted by Gasteiger charge is -2.22. The first-order valence-corrected chi connectivity index (χ1v) is 6.54.